The third-order valence-corrected chi connectivity index (χ3v) is 1.91. The molecule has 0 saturated heterocycles. The Balaban J connectivity index is 2.81. The Hall–Kier alpha value is -1.09. The number of hydrogen-bond donors (Lipinski definition) is 1. The molecule has 0 aliphatic heterocycles. The molecule has 1 heterocycles. The zero-order valence-corrected chi connectivity index (χ0v) is 8.79. The Kier molecular flexibility index (Phi) is 4.40. The van der Waals surface area contributed by atoms with Crippen molar-refractivity contribution >= 4 is 0 Å². The van der Waals surface area contributed by atoms with Crippen molar-refractivity contribution < 1.29 is 9.84 Å². The summed E-state index contributed by atoms with van der Waals surface area (Å²) in [5.74, 6) is 0.621. The van der Waals surface area contributed by atoms with E-state index in [0.29, 0.717) is 12.5 Å². The van der Waals surface area contributed by atoms with Gasteiger partial charge in [-0.25, -0.2) is 4.98 Å². The SMILES string of the molecule is CCCOc1cc(CO)cc(CC)n1. The zero-order valence-electron chi connectivity index (χ0n) is 8.79. The number of aliphatic hydroxyl groups is 1. The lowest BCUT2D eigenvalue weighted by Crippen LogP contribution is -2.00. The molecule has 3 nitrogen and oxygen atoms in total. The van der Waals surface area contributed by atoms with Crippen LogP contribution in [0, 0.1) is 0 Å². The number of aliphatic hydroxyl groups excluding tert-OH is 1. The summed E-state index contributed by atoms with van der Waals surface area (Å²) in [5.41, 5.74) is 1.82. The van der Waals surface area contributed by atoms with E-state index in [2.05, 4.69) is 11.9 Å². The van der Waals surface area contributed by atoms with Crippen molar-refractivity contribution in [2.24, 2.45) is 0 Å². The second-order valence-corrected chi connectivity index (χ2v) is 3.17. The van der Waals surface area contributed by atoms with Gasteiger partial charge in [0, 0.05) is 11.8 Å². The van der Waals surface area contributed by atoms with Crippen molar-refractivity contribution in [2.75, 3.05) is 6.61 Å². The highest BCUT2D eigenvalue weighted by Crippen LogP contribution is 2.13. The van der Waals surface area contributed by atoms with Crippen molar-refractivity contribution in [3.05, 3.63) is 23.4 Å². The first-order valence-electron chi connectivity index (χ1n) is 5.03. The fourth-order valence-corrected chi connectivity index (χ4v) is 1.17. The monoisotopic (exact) mass is 195 g/mol. The van der Waals surface area contributed by atoms with Crippen LogP contribution in [-0.2, 0) is 13.0 Å². The molecule has 3 heteroatoms. The largest absolute Gasteiger partial charge is 0.478 e. The minimum Gasteiger partial charge on any atom is -0.478 e. The highest BCUT2D eigenvalue weighted by molar-refractivity contribution is 5.24. The van der Waals surface area contributed by atoms with Gasteiger partial charge in [0.15, 0.2) is 0 Å². The molecule has 0 bridgehead atoms. The minimum atomic E-state index is 0.0397. The third-order valence-electron chi connectivity index (χ3n) is 1.91. The number of nitrogens with zero attached hydrogens (tertiary/aromatic N) is 1. The van der Waals surface area contributed by atoms with E-state index in [-0.39, 0.29) is 6.61 Å². The molecule has 0 amide bonds. The van der Waals surface area contributed by atoms with E-state index in [1.807, 2.05) is 13.0 Å². The summed E-state index contributed by atoms with van der Waals surface area (Å²) in [6.07, 6.45) is 1.82. The van der Waals surface area contributed by atoms with Crippen LogP contribution in [0.15, 0.2) is 12.1 Å². The predicted molar refractivity (Wildman–Crippen MR) is 55.3 cm³/mol. The molecule has 1 N–H and O–H groups in total. The lowest BCUT2D eigenvalue weighted by Gasteiger charge is -2.07. The Morgan fingerprint density at radius 2 is 2.14 bits per heavy atom. The number of hydrogen-bond acceptors (Lipinski definition) is 3. The molecular formula is C11H17NO2. The molecule has 14 heavy (non-hydrogen) atoms. The molecule has 0 atom stereocenters. The van der Waals surface area contributed by atoms with Gasteiger partial charge in [-0.05, 0) is 24.5 Å². The molecule has 0 spiro atoms. The molecule has 0 fully saturated rings. The second-order valence-electron chi connectivity index (χ2n) is 3.17. The van der Waals surface area contributed by atoms with Crippen LogP contribution in [0.5, 0.6) is 5.88 Å². The van der Waals surface area contributed by atoms with E-state index in [9.17, 15) is 0 Å². The van der Waals surface area contributed by atoms with Gasteiger partial charge < -0.3 is 9.84 Å². The summed E-state index contributed by atoms with van der Waals surface area (Å²) < 4.78 is 5.42. The minimum absolute atomic E-state index is 0.0397. The van der Waals surface area contributed by atoms with E-state index in [4.69, 9.17) is 9.84 Å². The first-order valence-corrected chi connectivity index (χ1v) is 5.03. The van der Waals surface area contributed by atoms with Crippen molar-refractivity contribution in [1.82, 2.24) is 4.98 Å². The maximum absolute atomic E-state index is 9.02. The Morgan fingerprint density at radius 1 is 1.36 bits per heavy atom. The number of pyridine rings is 1. The van der Waals surface area contributed by atoms with Crippen molar-refractivity contribution in [2.45, 2.75) is 33.3 Å². The van der Waals surface area contributed by atoms with Crippen LogP contribution in [-0.4, -0.2) is 16.7 Å². The Morgan fingerprint density at radius 3 is 2.71 bits per heavy atom. The number of aryl methyl sites for hydroxylation is 1. The van der Waals surface area contributed by atoms with Crippen LogP contribution < -0.4 is 4.74 Å². The highest BCUT2D eigenvalue weighted by Gasteiger charge is 2.01. The van der Waals surface area contributed by atoms with E-state index >= 15 is 0 Å². The molecule has 0 unspecified atom stereocenters. The van der Waals surface area contributed by atoms with Gasteiger partial charge in [-0.15, -0.1) is 0 Å². The molecule has 0 aliphatic carbocycles. The van der Waals surface area contributed by atoms with Crippen LogP contribution in [0.2, 0.25) is 0 Å². The quantitative estimate of drug-likeness (QED) is 0.780. The molecule has 1 rings (SSSR count). The predicted octanol–water partition coefficient (Wildman–Crippen LogP) is 1.93. The van der Waals surface area contributed by atoms with Gasteiger partial charge >= 0.3 is 0 Å². The summed E-state index contributed by atoms with van der Waals surface area (Å²) >= 11 is 0. The molecule has 1 aromatic rings. The van der Waals surface area contributed by atoms with Gasteiger partial charge in [0.1, 0.15) is 0 Å². The third kappa shape index (κ3) is 3.00. The molecule has 0 aliphatic rings. The topological polar surface area (TPSA) is 42.4 Å². The van der Waals surface area contributed by atoms with Gasteiger partial charge in [-0.3, -0.25) is 0 Å². The van der Waals surface area contributed by atoms with Crippen LogP contribution in [0.4, 0.5) is 0 Å². The van der Waals surface area contributed by atoms with Gasteiger partial charge in [-0.1, -0.05) is 13.8 Å². The standard InChI is InChI=1S/C11H17NO2/c1-3-5-14-11-7-9(8-13)6-10(4-2)12-11/h6-7,13H,3-5,8H2,1-2H3. The van der Waals surface area contributed by atoms with E-state index < -0.39 is 0 Å². The summed E-state index contributed by atoms with van der Waals surface area (Å²) in [6, 6.07) is 3.69. The van der Waals surface area contributed by atoms with Crippen molar-refractivity contribution in [3.63, 3.8) is 0 Å². The summed E-state index contributed by atoms with van der Waals surface area (Å²) in [7, 11) is 0. The number of rotatable bonds is 5. The average molecular weight is 195 g/mol. The van der Waals surface area contributed by atoms with Gasteiger partial charge in [0.25, 0.3) is 0 Å². The maximum atomic E-state index is 9.02. The number of aromatic nitrogens is 1. The van der Waals surface area contributed by atoms with Crippen LogP contribution in [0.1, 0.15) is 31.5 Å². The molecule has 1 aromatic heterocycles. The number of ether oxygens (including phenoxy) is 1. The van der Waals surface area contributed by atoms with Crippen LogP contribution in [0.3, 0.4) is 0 Å². The van der Waals surface area contributed by atoms with Crippen molar-refractivity contribution in [1.29, 1.82) is 0 Å². The fraction of sp³-hybridized carbons (Fsp3) is 0.545. The van der Waals surface area contributed by atoms with Gasteiger partial charge in [-0.2, -0.15) is 0 Å². The molecule has 78 valence electrons. The summed E-state index contributed by atoms with van der Waals surface area (Å²) in [5, 5.41) is 9.02. The summed E-state index contributed by atoms with van der Waals surface area (Å²) in [6.45, 7) is 4.80. The smallest absolute Gasteiger partial charge is 0.213 e. The van der Waals surface area contributed by atoms with Gasteiger partial charge in [0.05, 0.1) is 13.2 Å². The first kappa shape index (κ1) is 11.0. The normalized spacial score (nSPS) is 10.2. The van der Waals surface area contributed by atoms with Crippen LogP contribution in [0.25, 0.3) is 0 Å². The molecule has 0 saturated carbocycles. The lowest BCUT2D eigenvalue weighted by molar-refractivity contribution is 0.276. The zero-order chi connectivity index (χ0) is 10.4. The maximum Gasteiger partial charge on any atom is 0.213 e. The molecule has 0 aromatic carbocycles. The van der Waals surface area contributed by atoms with Gasteiger partial charge in [0.2, 0.25) is 5.88 Å². The first-order chi connectivity index (χ1) is 6.80. The highest BCUT2D eigenvalue weighted by atomic mass is 16.5. The average Bonchev–Trinajstić information content (AvgIpc) is 2.25. The molecular weight excluding hydrogens is 178 g/mol. The fourth-order valence-electron chi connectivity index (χ4n) is 1.17. The van der Waals surface area contributed by atoms with E-state index in [1.54, 1.807) is 6.07 Å². The lowest BCUT2D eigenvalue weighted by atomic mass is 10.2. The summed E-state index contributed by atoms with van der Waals surface area (Å²) in [4.78, 5) is 4.30. The molecule has 0 radical (unpaired) electrons. The van der Waals surface area contributed by atoms with E-state index in [1.165, 1.54) is 0 Å². The van der Waals surface area contributed by atoms with Crippen LogP contribution >= 0.6 is 0 Å². The Bertz CT molecular complexity index is 264. The Labute approximate surface area is 84.7 Å². The second kappa shape index (κ2) is 5.60. The van der Waals surface area contributed by atoms with E-state index in [0.717, 1.165) is 24.1 Å². The van der Waals surface area contributed by atoms with Crippen molar-refractivity contribution in [3.8, 4) is 5.88 Å².